The fraction of sp³-hybridized carbons (Fsp3) is 0.632. The number of hydrogen-bond acceptors (Lipinski definition) is 7. The van der Waals surface area contributed by atoms with Gasteiger partial charge >= 0.3 is 5.97 Å². The summed E-state index contributed by atoms with van der Waals surface area (Å²) in [6.07, 6.45) is 11.0. The predicted molar refractivity (Wildman–Crippen MR) is 181 cm³/mol. The average molecular weight is 664 g/mol. The van der Waals surface area contributed by atoms with Crippen LogP contribution < -0.4 is 5.32 Å². The van der Waals surface area contributed by atoms with Crippen molar-refractivity contribution >= 4 is 23.7 Å². The number of allylic oxidation sites excluding steroid dienone is 1. The summed E-state index contributed by atoms with van der Waals surface area (Å²) in [7, 11) is 0. The Morgan fingerprint density at radius 1 is 1.10 bits per heavy atom. The van der Waals surface area contributed by atoms with Crippen molar-refractivity contribution in [3.63, 3.8) is 0 Å². The third-order valence-corrected chi connectivity index (χ3v) is 10.8. The van der Waals surface area contributed by atoms with Crippen LogP contribution in [0.5, 0.6) is 0 Å². The zero-order valence-electron chi connectivity index (χ0n) is 28.4. The van der Waals surface area contributed by atoms with Crippen LogP contribution >= 0.6 is 0 Å². The van der Waals surface area contributed by atoms with E-state index in [0.717, 1.165) is 37.7 Å². The van der Waals surface area contributed by atoms with Crippen molar-refractivity contribution in [1.29, 1.82) is 0 Å². The van der Waals surface area contributed by atoms with Crippen molar-refractivity contribution < 1.29 is 33.8 Å². The number of benzene rings is 1. The molecule has 1 aliphatic carbocycles. The van der Waals surface area contributed by atoms with E-state index in [-0.39, 0.29) is 36.8 Å². The molecule has 0 radical (unpaired) electrons. The van der Waals surface area contributed by atoms with Crippen LogP contribution in [-0.2, 0) is 28.7 Å². The molecule has 3 heterocycles. The number of unbranched alkanes of at least 4 members (excludes halogenated alkanes) is 2. The summed E-state index contributed by atoms with van der Waals surface area (Å²) in [5.41, 5.74) is -0.398. The van der Waals surface area contributed by atoms with Crippen LogP contribution in [0.2, 0.25) is 0 Å². The van der Waals surface area contributed by atoms with Gasteiger partial charge < -0.3 is 29.7 Å². The standard InChI is InChI=1S/C38H53N3O7/c1-4-6-20-30(43)39-26(3)33(27-16-10-7-11-17-27)47-37(46)31-29-21-22-38(48-29)32(31)35(44)41(24-14-9-15-25-42)34(38)36(45)40(23-5-2)28-18-12-8-13-19-28/h4-5,7,10-11,16-17,26,28-29,31-34,42H,1-2,6,8-9,12-15,18-25H2,3H3,(H,39,43)/t26-,29+,31-,32-,33-,34+,38-/m0/s1. The first kappa shape index (κ1) is 35.8. The molecule has 1 aromatic carbocycles. The third-order valence-electron chi connectivity index (χ3n) is 10.8. The number of likely N-dealkylation sites (tertiary alicyclic amines) is 1. The van der Waals surface area contributed by atoms with Crippen molar-refractivity contribution in [1.82, 2.24) is 15.1 Å². The minimum absolute atomic E-state index is 0.0616. The number of rotatable bonds is 17. The Labute approximate surface area is 284 Å². The molecule has 10 nitrogen and oxygen atoms in total. The predicted octanol–water partition coefficient (Wildman–Crippen LogP) is 4.63. The molecule has 262 valence electrons. The van der Waals surface area contributed by atoms with E-state index in [2.05, 4.69) is 18.5 Å². The maximum absolute atomic E-state index is 14.7. The molecule has 0 aromatic heterocycles. The Bertz CT molecular complexity index is 1310. The summed E-state index contributed by atoms with van der Waals surface area (Å²) in [6.45, 7) is 10.2. The number of esters is 1. The lowest BCUT2D eigenvalue weighted by Crippen LogP contribution is -2.58. The molecule has 7 atom stereocenters. The molecule has 10 heteroatoms. The van der Waals surface area contributed by atoms with Gasteiger partial charge in [-0.1, -0.05) is 61.7 Å². The number of amides is 3. The van der Waals surface area contributed by atoms with Gasteiger partial charge in [0.05, 0.1) is 24.0 Å². The number of aliphatic hydroxyl groups excluding tert-OH is 1. The van der Waals surface area contributed by atoms with E-state index in [4.69, 9.17) is 9.47 Å². The van der Waals surface area contributed by atoms with Gasteiger partial charge in [-0.25, -0.2) is 0 Å². The Morgan fingerprint density at radius 2 is 1.85 bits per heavy atom. The summed E-state index contributed by atoms with van der Waals surface area (Å²) < 4.78 is 13.0. The van der Waals surface area contributed by atoms with E-state index in [1.165, 1.54) is 0 Å². The minimum Gasteiger partial charge on any atom is -0.455 e. The van der Waals surface area contributed by atoms with Gasteiger partial charge in [0.1, 0.15) is 17.7 Å². The van der Waals surface area contributed by atoms with Crippen molar-refractivity contribution in [2.45, 2.75) is 120 Å². The molecule has 1 spiro atoms. The minimum atomic E-state index is -1.12. The highest BCUT2D eigenvalue weighted by atomic mass is 16.6. The van der Waals surface area contributed by atoms with Crippen molar-refractivity contribution in [3.8, 4) is 0 Å². The van der Waals surface area contributed by atoms with E-state index in [9.17, 15) is 24.3 Å². The summed E-state index contributed by atoms with van der Waals surface area (Å²) in [5, 5.41) is 12.3. The summed E-state index contributed by atoms with van der Waals surface area (Å²) >= 11 is 0. The van der Waals surface area contributed by atoms with Gasteiger partial charge in [-0.05, 0) is 63.9 Å². The number of aliphatic hydroxyl groups is 1. The Balaban J connectivity index is 1.44. The van der Waals surface area contributed by atoms with E-state index in [1.54, 1.807) is 24.0 Å². The lowest BCUT2D eigenvalue weighted by atomic mass is 9.70. The van der Waals surface area contributed by atoms with Crippen molar-refractivity contribution in [2.24, 2.45) is 11.8 Å². The molecule has 3 saturated heterocycles. The van der Waals surface area contributed by atoms with E-state index in [0.29, 0.717) is 51.6 Å². The van der Waals surface area contributed by atoms with Crippen LogP contribution in [0.15, 0.2) is 55.6 Å². The molecule has 48 heavy (non-hydrogen) atoms. The second-order valence-electron chi connectivity index (χ2n) is 13.9. The highest BCUT2D eigenvalue weighted by Crippen LogP contribution is 2.59. The van der Waals surface area contributed by atoms with Crippen LogP contribution in [0.25, 0.3) is 0 Å². The Kier molecular flexibility index (Phi) is 12.1. The molecule has 4 fully saturated rings. The maximum Gasteiger partial charge on any atom is 0.313 e. The number of nitrogens with one attached hydrogen (secondary N) is 1. The molecule has 4 aliphatic rings. The van der Waals surface area contributed by atoms with E-state index in [1.807, 2.05) is 35.2 Å². The van der Waals surface area contributed by atoms with Gasteiger partial charge in [-0.2, -0.15) is 0 Å². The lowest BCUT2D eigenvalue weighted by molar-refractivity contribution is -0.162. The number of hydrogen-bond donors (Lipinski definition) is 2. The van der Waals surface area contributed by atoms with Gasteiger partial charge in [-0.15, -0.1) is 13.2 Å². The molecule has 5 rings (SSSR count). The van der Waals surface area contributed by atoms with E-state index >= 15 is 0 Å². The maximum atomic E-state index is 14.7. The topological polar surface area (TPSA) is 125 Å². The SMILES string of the molecule is C=CCCC(=O)N[C@@H](C)[C@H](OC(=O)[C@@H]1[C@H]2C(=O)N(CCCCCO)[C@H](C(=O)N(CC=C)C3CCCCC3)[C@]23CC[C@H]1O3)c1ccccc1. The van der Waals surface area contributed by atoms with Crippen LogP contribution in [0.4, 0.5) is 0 Å². The van der Waals surface area contributed by atoms with Gasteiger partial charge in [0.25, 0.3) is 0 Å². The molecule has 3 amide bonds. The molecule has 2 N–H and O–H groups in total. The quantitative estimate of drug-likeness (QED) is 0.142. The first-order valence-electron chi connectivity index (χ1n) is 17.9. The second kappa shape index (κ2) is 16.3. The lowest BCUT2D eigenvalue weighted by Gasteiger charge is -2.40. The van der Waals surface area contributed by atoms with Gasteiger partial charge in [0.15, 0.2) is 0 Å². The first-order chi connectivity index (χ1) is 23.3. The van der Waals surface area contributed by atoms with Crippen LogP contribution in [0.1, 0.15) is 95.6 Å². The van der Waals surface area contributed by atoms with Gasteiger partial charge in [0.2, 0.25) is 17.7 Å². The monoisotopic (exact) mass is 663 g/mol. The number of nitrogens with zero attached hydrogens (tertiary/aromatic N) is 2. The number of carbonyl (C=O) groups excluding carboxylic acids is 4. The van der Waals surface area contributed by atoms with Gasteiger partial charge in [0, 0.05) is 32.2 Å². The molecular formula is C38H53N3O7. The largest absolute Gasteiger partial charge is 0.455 e. The van der Waals surface area contributed by atoms with Crippen molar-refractivity contribution in [2.75, 3.05) is 19.7 Å². The number of fused-ring (bicyclic) bond motifs is 1. The fourth-order valence-electron chi connectivity index (χ4n) is 8.56. The molecule has 1 saturated carbocycles. The highest BCUT2D eigenvalue weighted by molar-refractivity contribution is 5.98. The van der Waals surface area contributed by atoms with Crippen LogP contribution in [-0.4, -0.2) is 88.1 Å². The van der Waals surface area contributed by atoms with Crippen molar-refractivity contribution in [3.05, 3.63) is 61.2 Å². The third kappa shape index (κ3) is 7.25. The number of carbonyl (C=O) groups is 4. The molecule has 1 aromatic rings. The van der Waals surface area contributed by atoms with Crippen LogP contribution in [0, 0.1) is 11.8 Å². The van der Waals surface area contributed by atoms with Crippen LogP contribution in [0.3, 0.4) is 0 Å². The number of ether oxygens (including phenoxy) is 2. The highest BCUT2D eigenvalue weighted by Gasteiger charge is 2.75. The summed E-state index contributed by atoms with van der Waals surface area (Å²) in [5.74, 6) is -2.82. The van der Waals surface area contributed by atoms with E-state index < -0.39 is 47.7 Å². The Hall–Kier alpha value is -3.50. The fourth-order valence-corrected chi connectivity index (χ4v) is 8.56. The normalized spacial score (nSPS) is 27.6. The second-order valence-corrected chi connectivity index (χ2v) is 13.9. The summed E-state index contributed by atoms with van der Waals surface area (Å²) in [4.78, 5) is 59.7. The smallest absolute Gasteiger partial charge is 0.313 e. The van der Waals surface area contributed by atoms with Gasteiger partial charge in [-0.3, -0.25) is 19.2 Å². The zero-order valence-corrected chi connectivity index (χ0v) is 28.4. The average Bonchev–Trinajstić information content (AvgIpc) is 3.74. The molecule has 0 unspecified atom stereocenters. The Morgan fingerprint density at radius 3 is 2.54 bits per heavy atom. The molecule has 2 bridgehead atoms. The zero-order chi connectivity index (χ0) is 34.3. The first-order valence-corrected chi connectivity index (χ1v) is 17.9. The molecular weight excluding hydrogens is 610 g/mol. The summed E-state index contributed by atoms with van der Waals surface area (Å²) in [6, 6.07) is 7.97. The molecule has 3 aliphatic heterocycles.